The first-order valence-corrected chi connectivity index (χ1v) is 6.74. The predicted octanol–water partition coefficient (Wildman–Crippen LogP) is 3.34. The lowest BCUT2D eigenvalue weighted by Crippen LogP contribution is -2.19. The molecule has 5 nitrogen and oxygen atoms in total. The van der Waals surface area contributed by atoms with E-state index in [1.165, 1.54) is 12.1 Å². The van der Waals surface area contributed by atoms with Gasteiger partial charge in [0.15, 0.2) is 0 Å². The van der Waals surface area contributed by atoms with Gasteiger partial charge >= 0.3 is 0 Å². The molecule has 0 aliphatic carbocycles. The zero-order valence-corrected chi connectivity index (χ0v) is 11.5. The Morgan fingerprint density at radius 1 is 1.39 bits per heavy atom. The fourth-order valence-electron chi connectivity index (χ4n) is 2.00. The molecule has 1 unspecified atom stereocenters. The number of benzene rings is 1. The van der Waals surface area contributed by atoms with Gasteiger partial charge < -0.3 is 10.1 Å². The molecule has 0 spiro atoms. The third-order valence-corrected chi connectivity index (χ3v) is 3.63. The molecule has 1 aromatic rings. The lowest BCUT2D eigenvalue weighted by molar-refractivity contribution is -0.384. The minimum Gasteiger partial charge on any atom is -0.381 e. The molecule has 1 heterocycles. The summed E-state index contributed by atoms with van der Waals surface area (Å²) in [7, 11) is 0. The van der Waals surface area contributed by atoms with Crippen molar-refractivity contribution in [3.05, 3.63) is 32.8 Å². The van der Waals surface area contributed by atoms with Crippen LogP contribution in [0, 0.1) is 10.1 Å². The molecule has 18 heavy (non-hydrogen) atoms. The van der Waals surface area contributed by atoms with Crippen LogP contribution in [0.3, 0.4) is 0 Å². The Morgan fingerprint density at radius 2 is 2.22 bits per heavy atom. The number of hydrogen-bond acceptors (Lipinski definition) is 4. The molecule has 1 aromatic carbocycles. The topological polar surface area (TPSA) is 64.4 Å². The molecular weight excluding hydrogens is 300 g/mol. The number of rotatable bonds is 3. The quantitative estimate of drug-likeness (QED) is 0.686. The van der Waals surface area contributed by atoms with Crippen molar-refractivity contribution in [2.75, 3.05) is 18.5 Å². The minimum absolute atomic E-state index is 0.0941. The Labute approximate surface area is 114 Å². The van der Waals surface area contributed by atoms with Gasteiger partial charge in [-0.1, -0.05) is 0 Å². The van der Waals surface area contributed by atoms with E-state index in [0.29, 0.717) is 6.04 Å². The fraction of sp³-hybridized carbons (Fsp3) is 0.500. The maximum Gasteiger partial charge on any atom is 0.270 e. The number of non-ortho nitro benzene ring substituents is 1. The summed E-state index contributed by atoms with van der Waals surface area (Å²) in [4.78, 5) is 10.3. The summed E-state index contributed by atoms with van der Waals surface area (Å²) in [5.41, 5.74) is 0.990. The molecule has 1 aliphatic heterocycles. The number of nitro benzene ring substituents is 1. The molecule has 0 aromatic heterocycles. The van der Waals surface area contributed by atoms with Gasteiger partial charge in [0.05, 0.1) is 4.92 Å². The van der Waals surface area contributed by atoms with Crippen molar-refractivity contribution in [1.29, 1.82) is 0 Å². The van der Waals surface area contributed by atoms with Crippen molar-refractivity contribution in [3.8, 4) is 0 Å². The molecule has 1 atom stereocenters. The highest BCUT2D eigenvalue weighted by Crippen LogP contribution is 2.28. The lowest BCUT2D eigenvalue weighted by atomic mass is 10.1. The Hall–Kier alpha value is -1.14. The summed E-state index contributed by atoms with van der Waals surface area (Å²) < 4.78 is 6.13. The van der Waals surface area contributed by atoms with Gasteiger partial charge in [-0.05, 0) is 41.3 Å². The second kappa shape index (κ2) is 6.15. The van der Waals surface area contributed by atoms with E-state index in [9.17, 15) is 10.1 Å². The van der Waals surface area contributed by atoms with Gasteiger partial charge in [0.2, 0.25) is 0 Å². The Kier molecular flexibility index (Phi) is 4.54. The van der Waals surface area contributed by atoms with Crippen LogP contribution in [-0.2, 0) is 4.74 Å². The average Bonchev–Trinajstić information content (AvgIpc) is 2.60. The summed E-state index contributed by atoms with van der Waals surface area (Å²) in [6, 6.07) is 5.15. The minimum atomic E-state index is -0.395. The molecule has 2 rings (SSSR count). The summed E-state index contributed by atoms with van der Waals surface area (Å²) in [6.45, 7) is 1.59. The molecule has 0 bridgehead atoms. The predicted molar refractivity (Wildman–Crippen MR) is 72.9 cm³/mol. The first-order chi connectivity index (χ1) is 8.66. The van der Waals surface area contributed by atoms with E-state index in [1.807, 2.05) is 0 Å². The van der Waals surface area contributed by atoms with Gasteiger partial charge in [0.1, 0.15) is 0 Å². The van der Waals surface area contributed by atoms with E-state index in [0.717, 1.165) is 42.6 Å². The van der Waals surface area contributed by atoms with Crippen LogP contribution >= 0.6 is 15.9 Å². The molecule has 1 saturated heterocycles. The summed E-state index contributed by atoms with van der Waals surface area (Å²) in [6.07, 6.45) is 3.06. The van der Waals surface area contributed by atoms with Crippen LogP contribution in [0.1, 0.15) is 19.3 Å². The van der Waals surface area contributed by atoms with E-state index in [2.05, 4.69) is 21.2 Å². The lowest BCUT2D eigenvalue weighted by Gasteiger charge is -2.18. The molecule has 0 amide bonds. The van der Waals surface area contributed by atoms with Crippen LogP contribution in [0.2, 0.25) is 0 Å². The van der Waals surface area contributed by atoms with Crippen LogP contribution in [0.4, 0.5) is 11.4 Å². The SMILES string of the molecule is O=[N+]([O-])c1ccc(NC2CCCOCC2)c(Br)c1. The van der Waals surface area contributed by atoms with E-state index < -0.39 is 4.92 Å². The molecule has 6 heteroatoms. The standard InChI is InChI=1S/C12H15BrN2O3/c13-11-8-10(15(16)17)3-4-12(11)14-9-2-1-6-18-7-5-9/h3-4,8-9,14H,1-2,5-7H2. The maximum absolute atomic E-state index is 10.6. The van der Waals surface area contributed by atoms with Crippen molar-refractivity contribution in [2.45, 2.75) is 25.3 Å². The first-order valence-electron chi connectivity index (χ1n) is 5.95. The average molecular weight is 315 g/mol. The van der Waals surface area contributed by atoms with E-state index in [1.54, 1.807) is 6.07 Å². The first kappa shape index (κ1) is 13.3. The van der Waals surface area contributed by atoms with Crippen LogP contribution in [0.25, 0.3) is 0 Å². The zero-order chi connectivity index (χ0) is 13.0. The molecule has 1 N–H and O–H groups in total. The van der Waals surface area contributed by atoms with Crippen LogP contribution in [0.5, 0.6) is 0 Å². The third kappa shape index (κ3) is 3.43. The summed E-state index contributed by atoms with van der Waals surface area (Å²) in [5.74, 6) is 0. The third-order valence-electron chi connectivity index (χ3n) is 2.98. The number of halogens is 1. The number of ether oxygens (including phenoxy) is 1. The van der Waals surface area contributed by atoms with Gasteiger partial charge in [-0.15, -0.1) is 0 Å². The van der Waals surface area contributed by atoms with Gasteiger partial charge in [-0.25, -0.2) is 0 Å². The smallest absolute Gasteiger partial charge is 0.270 e. The number of nitrogens with one attached hydrogen (secondary N) is 1. The van der Waals surface area contributed by atoms with Gasteiger partial charge in [-0.2, -0.15) is 0 Å². The van der Waals surface area contributed by atoms with E-state index >= 15 is 0 Å². The summed E-state index contributed by atoms with van der Waals surface area (Å²) >= 11 is 3.36. The van der Waals surface area contributed by atoms with Crippen LogP contribution in [-0.4, -0.2) is 24.2 Å². The van der Waals surface area contributed by atoms with Gasteiger partial charge in [-0.3, -0.25) is 10.1 Å². The molecule has 1 aliphatic rings. The fourth-order valence-corrected chi connectivity index (χ4v) is 2.48. The van der Waals surface area contributed by atoms with Crippen molar-refractivity contribution in [3.63, 3.8) is 0 Å². The van der Waals surface area contributed by atoms with Crippen LogP contribution in [0.15, 0.2) is 22.7 Å². The van der Waals surface area contributed by atoms with Crippen molar-refractivity contribution >= 4 is 27.3 Å². The monoisotopic (exact) mass is 314 g/mol. The molecule has 0 saturated carbocycles. The largest absolute Gasteiger partial charge is 0.381 e. The zero-order valence-electron chi connectivity index (χ0n) is 9.89. The van der Waals surface area contributed by atoms with E-state index in [4.69, 9.17) is 4.74 Å². The summed E-state index contributed by atoms with van der Waals surface area (Å²) in [5, 5.41) is 14.1. The Balaban J connectivity index is 2.06. The van der Waals surface area contributed by atoms with Crippen molar-refractivity contribution in [1.82, 2.24) is 0 Å². The second-order valence-electron chi connectivity index (χ2n) is 4.31. The highest BCUT2D eigenvalue weighted by atomic mass is 79.9. The highest BCUT2D eigenvalue weighted by molar-refractivity contribution is 9.10. The number of nitro groups is 1. The molecule has 0 radical (unpaired) electrons. The number of anilines is 1. The number of hydrogen-bond donors (Lipinski definition) is 1. The van der Waals surface area contributed by atoms with E-state index in [-0.39, 0.29) is 5.69 Å². The van der Waals surface area contributed by atoms with Gasteiger partial charge in [0.25, 0.3) is 5.69 Å². The Morgan fingerprint density at radius 3 is 2.94 bits per heavy atom. The molecule has 1 fully saturated rings. The Bertz CT molecular complexity index is 431. The molecular formula is C12H15BrN2O3. The maximum atomic E-state index is 10.6. The van der Waals surface area contributed by atoms with Gasteiger partial charge in [0, 0.05) is 41.5 Å². The van der Waals surface area contributed by atoms with Crippen molar-refractivity contribution < 1.29 is 9.66 Å². The molecule has 98 valence electrons. The number of nitrogens with zero attached hydrogens (tertiary/aromatic N) is 1. The second-order valence-corrected chi connectivity index (χ2v) is 5.16. The van der Waals surface area contributed by atoms with Crippen molar-refractivity contribution in [2.24, 2.45) is 0 Å². The van der Waals surface area contributed by atoms with Crippen LogP contribution < -0.4 is 5.32 Å². The highest BCUT2D eigenvalue weighted by Gasteiger charge is 2.15. The normalized spacial score (nSPS) is 20.2.